The lowest BCUT2D eigenvalue weighted by molar-refractivity contribution is 0.360. The minimum absolute atomic E-state index is 0.179. The normalized spacial score (nSPS) is 32.7. The molecule has 2 unspecified atom stereocenters. The summed E-state index contributed by atoms with van der Waals surface area (Å²) in [5.41, 5.74) is 0. The van der Waals surface area contributed by atoms with Gasteiger partial charge in [-0.25, -0.2) is 0 Å². The maximum atomic E-state index is 11.5. The van der Waals surface area contributed by atoms with Gasteiger partial charge in [0.2, 0.25) is 0 Å². The van der Waals surface area contributed by atoms with Crippen LogP contribution in [0.25, 0.3) is 0 Å². The summed E-state index contributed by atoms with van der Waals surface area (Å²) < 4.78 is 16.7. The fraction of sp³-hybridized carbons (Fsp3) is 1.00. The lowest BCUT2D eigenvalue weighted by atomic mass is 10.2. The Hall–Kier alpha value is -0.110. The molecule has 0 aromatic rings. The number of alkyl halides is 1. The first-order valence-corrected chi connectivity index (χ1v) is 3.56. The Morgan fingerprint density at radius 1 is 1.44 bits per heavy atom. The van der Waals surface area contributed by atoms with Gasteiger partial charge in [0.05, 0.1) is 18.9 Å². The van der Waals surface area contributed by atoms with E-state index in [0.717, 1.165) is 12.8 Å². The van der Waals surface area contributed by atoms with Crippen LogP contribution in [0.2, 0.25) is 0 Å². The van der Waals surface area contributed by atoms with Crippen molar-refractivity contribution >= 4 is 0 Å². The fourth-order valence-corrected chi connectivity index (χ4v) is 0.973. The first-order chi connectivity index (χ1) is 4.34. The van der Waals surface area contributed by atoms with Crippen LogP contribution in [0.1, 0.15) is 26.2 Å². The number of hydrogen-bond donors (Lipinski definition) is 0. The second kappa shape index (κ2) is 3.16. The molecule has 0 aromatic heterocycles. The molecule has 0 aliphatic carbocycles. The third kappa shape index (κ3) is 2.31. The van der Waals surface area contributed by atoms with Crippen molar-refractivity contribution in [3.8, 4) is 0 Å². The molecule has 1 fully saturated rings. The number of rotatable bonds is 4. The van der Waals surface area contributed by atoms with Gasteiger partial charge in [-0.3, -0.25) is 4.39 Å². The molecule has 54 valence electrons. The summed E-state index contributed by atoms with van der Waals surface area (Å²) in [6.45, 7) is 1.88. The Morgan fingerprint density at radius 3 is 2.56 bits per heavy atom. The van der Waals surface area contributed by atoms with E-state index in [0.29, 0.717) is 18.6 Å². The van der Waals surface area contributed by atoms with Gasteiger partial charge in [0.25, 0.3) is 0 Å². The molecule has 0 N–H and O–H groups in total. The first kappa shape index (κ1) is 7.00. The molecule has 1 heterocycles. The Balaban J connectivity index is 1.83. The van der Waals surface area contributed by atoms with E-state index in [-0.39, 0.29) is 6.67 Å². The van der Waals surface area contributed by atoms with Gasteiger partial charge in [-0.2, -0.15) is 0 Å². The minimum atomic E-state index is -0.179. The second-order valence-electron chi connectivity index (χ2n) is 2.56. The Bertz CT molecular complexity index is 85.0. The molecule has 0 aromatic carbocycles. The molecule has 2 atom stereocenters. The van der Waals surface area contributed by atoms with E-state index >= 15 is 0 Å². The molecule has 1 saturated heterocycles. The second-order valence-corrected chi connectivity index (χ2v) is 2.56. The maximum Gasteiger partial charge on any atom is 0.0894 e. The molecule has 0 bridgehead atoms. The molecular formula is C7H13FO. The van der Waals surface area contributed by atoms with Gasteiger partial charge < -0.3 is 4.74 Å². The zero-order valence-corrected chi connectivity index (χ0v) is 5.77. The van der Waals surface area contributed by atoms with E-state index < -0.39 is 0 Å². The third-order valence-corrected chi connectivity index (χ3v) is 1.71. The standard InChI is InChI=1S/C7H13FO/c1-6-7(9-6)4-2-3-5-8/h6-7H,2-5H2,1H3. The predicted molar refractivity (Wildman–Crippen MR) is 34.2 cm³/mol. The average molecular weight is 132 g/mol. The molecule has 0 spiro atoms. The summed E-state index contributed by atoms with van der Waals surface area (Å²) in [6.07, 6.45) is 3.63. The van der Waals surface area contributed by atoms with Crippen molar-refractivity contribution in [1.29, 1.82) is 0 Å². The summed E-state index contributed by atoms with van der Waals surface area (Å²) in [4.78, 5) is 0. The monoisotopic (exact) mass is 132 g/mol. The quantitative estimate of drug-likeness (QED) is 0.420. The van der Waals surface area contributed by atoms with Gasteiger partial charge in [-0.15, -0.1) is 0 Å². The van der Waals surface area contributed by atoms with E-state index in [1.54, 1.807) is 0 Å². The van der Waals surface area contributed by atoms with Crippen LogP contribution in [0.3, 0.4) is 0 Å². The third-order valence-electron chi connectivity index (χ3n) is 1.71. The molecule has 1 nitrogen and oxygen atoms in total. The summed E-state index contributed by atoms with van der Waals surface area (Å²) in [5.74, 6) is 0. The Morgan fingerprint density at radius 2 is 2.11 bits per heavy atom. The highest BCUT2D eigenvalue weighted by atomic mass is 19.1. The van der Waals surface area contributed by atoms with E-state index in [1.165, 1.54) is 0 Å². The van der Waals surface area contributed by atoms with E-state index in [9.17, 15) is 4.39 Å². The molecule has 0 radical (unpaired) electrons. The fourth-order valence-electron chi connectivity index (χ4n) is 0.973. The van der Waals surface area contributed by atoms with Gasteiger partial charge in [0, 0.05) is 0 Å². The SMILES string of the molecule is CC1OC1CCCCF. The zero-order chi connectivity index (χ0) is 6.69. The number of epoxide rings is 1. The van der Waals surface area contributed by atoms with Crippen LogP contribution in [-0.4, -0.2) is 18.9 Å². The average Bonchev–Trinajstić information content (AvgIpc) is 2.48. The van der Waals surface area contributed by atoms with Crippen molar-refractivity contribution in [3.05, 3.63) is 0 Å². The van der Waals surface area contributed by atoms with Crippen molar-refractivity contribution in [1.82, 2.24) is 0 Å². The maximum absolute atomic E-state index is 11.5. The molecule has 0 saturated carbocycles. The van der Waals surface area contributed by atoms with Gasteiger partial charge in [0.1, 0.15) is 0 Å². The zero-order valence-electron chi connectivity index (χ0n) is 5.77. The smallest absolute Gasteiger partial charge is 0.0894 e. The molecule has 1 aliphatic heterocycles. The van der Waals surface area contributed by atoms with Crippen LogP contribution in [0.4, 0.5) is 4.39 Å². The van der Waals surface area contributed by atoms with Crippen molar-refractivity contribution < 1.29 is 9.13 Å². The lowest BCUT2D eigenvalue weighted by Gasteiger charge is -1.90. The first-order valence-electron chi connectivity index (χ1n) is 3.56. The van der Waals surface area contributed by atoms with E-state index in [2.05, 4.69) is 6.92 Å². The Labute approximate surface area is 55.2 Å². The minimum Gasteiger partial charge on any atom is -0.370 e. The van der Waals surface area contributed by atoms with Crippen LogP contribution >= 0.6 is 0 Å². The van der Waals surface area contributed by atoms with Crippen molar-refractivity contribution in [2.24, 2.45) is 0 Å². The van der Waals surface area contributed by atoms with Crippen LogP contribution in [0, 0.1) is 0 Å². The highest BCUT2D eigenvalue weighted by Crippen LogP contribution is 2.25. The Kier molecular flexibility index (Phi) is 2.46. The number of hydrogen-bond acceptors (Lipinski definition) is 1. The number of halogens is 1. The van der Waals surface area contributed by atoms with Gasteiger partial charge >= 0.3 is 0 Å². The topological polar surface area (TPSA) is 12.5 Å². The van der Waals surface area contributed by atoms with Crippen LogP contribution in [-0.2, 0) is 4.74 Å². The summed E-state index contributed by atoms with van der Waals surface area (Å²) in [5, 5.41) is 0. The molecule has 9 heavy (non-hydrogen) atoms. The summed E-state index contributed by atoms with van der Waals surface area (Å²) in [7, 11) is 0. The highest BCUT2D eigenvalue weighted by molar-refractivity contribution is 4.79. The molecular weight excluding hydrogens is 119 g/mol. The summed E-state index contributed by atoms with van der Waals surface area (Å²) in [6, 6.07) is 0. The van der Waals surface area contributed by atoms with Crippen LogP contribution in [0.5, 0.6) is 0 Å². The lowest BCUT2D eigenvalue weighted by Crippen LogP contribution is -1.89. The summed E-state index contributed by atoms with van der Waals surface area (Å²) >= 11 is 0. The van der Waals surface area contributed by atoms with Crippen LogP contribution in [0.15, 0.2) is 0 Å². The number of unbranched alkanes of at least 4 members (excludes halogenated alkanes) is 1. The predicted octanol–water partition coefficient (Wildman–Crippen LogP) is 1.91. The highest BCUT2D eigenvalue weighted by Gasteiger charge is 2.32. The van der Waals surface area contributed by atoms with E-state index in [4.69, 9.17) is 4.74 Å². The molecule has 0 amide bonds. The largest absolute Gasteiger partial charge is 0.370 e. The van der Waals surface area contributed by atoms with Gasteiger partial charge in [-0.05, 0) is 26.2 Å². The van der Waals surface area contributed by atoms with E-state index in [1.807, 2.05) is 0 Å². The van der Waals surface area contributed by atoms with Crippen molar-refractivity contribution in [3.63, 3.8) is 0 Å². The number of ether oxygens (including phenoxy) is 1. The van der Waals surface area contributed by atoms with Crippen LogP contribution < -0.4 is 0 Å². The van der Waals surface area contributed by atoms with Crippen molar-refractivity contribution in [2.45, 2.75) is 38.4 Å². The molecule has 1 rings (SSSR count). The van der Waals surface area contributed by atoms with Gasteiger partial charge in [-0.1, -0.05) is 0 Å². The van der Waals surface area contributed by atoms with Crippen molar-refractivity contribution in [2.75, 3.05) is 6.67 Å². The molecule has 1 aliphatic rings. The molecule has 2 heteroatoms. The van der Waals surface area contributed by atoms with Gasteiger partial charge in [0.15, 0.2) is 0 Å².